The minimum Gasteiger partial charge on any atom is -0.387 e. The Bertz CT molecular complexity index is 767. The number of hydrogen-bond acceptors (Lipinski definition) is 5. The SMILES string of the molecule is C=C(c1nn(CC(C)=O)c2c1CC(F)(F)CC2)N1CCN(C(=O)CO)CC1. The third kappa shape index (κ3) is 4.02. The first kappa shape index (κ1) is 19.5. The van der Waals surface area contributed by atoms with Crippen LogP contribution in [0.2, 0.25) is 0 Å². The molecule has 2 heterocycles. The molecule has 0 saturated carbocycles. The van der Waals surface area contributed by atoms with Gasteiger partial charge >= 0.3 is 0 Å². The number of aliphatic hydroxyl groups is 1. The molecule has 0 radical (unpaired) electrons. The van der Waals surface area contributed by atoms with Crippen molar-refractivity contribution in [3.05, 3.63) is 23.5 Å². The molecule has 0 bridgehead atoms. The number of piperazine rings is 1. The Hall–Kier alpha value is -2.29. The van der Waals surface area contributed by atoms with E-state index in [4.69, 9.17) is 5.11 Å². The minimum atomic E-state index is -2.79. The van der Waals surface area contributed by atoms with Crippen LogP contribution in [0, 0.1) is 0 Å². The van der Waals surface area contributed by atoms with E-state index in [9.17, 15) is 18.4 Å². The Morgan fingerprint density at radius 1 is 1.22 bits per heavy atom. The maximum Gasteiger partial charge on any atom is 0.252 e. The molecule has 7 nitrogen and oxygen atoms in total. The molecule has 3 rings (SSSR count). The van der Waals surface area contributed by atoms with Gasteiger partial charge in [-0.25, -0.2) is 8.78 Å². The third-order valence-electron chi connectivity index (χ3n) is 5.12. The second kappa shape index (κ2) is 7.38. The fraction of sp³-hybridized carbons (Fsp3) is 0.611. The molecule has 1 saturated heterocycles. The zero-order valence-corrected chi connectivity index (χ0v) is 15.4. The van der Waals surface area contributed by atoms with Crippen LogP contribution in [0.4, 0.5) is 8.78 Å². The van der Waals surface area contributed by atoms with E-state index in [1.807, 2.05) is 4.90 Å². The molecule has 1 aromatic rings. The van der Waals surface area contributed by atoms with Crippen LogP contribution in [0.3, 0.4) is 0 Å². The molecular formula is C18H24F2N4O3. The van der Waals surface area contributed by atoms with Crippen LogP contribution in [-0.4, -0.2) is 75.1 Å². The van der Waals surface area contributed by atoms with E-state index < -0.39 is 19.0 Å². The number of amides is 1. The summed E-state index contributed by atoms with van der Waals surface area (Å²) in [5.74, 6) is -3.22. The normalized spacial score (nSPS) is 19.0. The molecule has 0 aromatic carbocycles. The van der Waals surface area contributed by atoms with E-state index >= 15 is 0 Å². The molecule has 1 fully saturated rings. The molecule has 1 N–H and O–H groups in total. The molecule has 1 aliphatic carbocycles. The van der Waals surface area contributed by atoms with Gasteiger partial charge in [-0.05, 0) is 13.3 Å². The summed E-state index contributed by atoms with van der Waals surface area (Å²) in [7, 11) is 0. The van der Waals surface area contributed by atoms with Gasteiger partial charge in [0.2, 0.25) is 5.91 Å². The molecule has 0 unspecified atom stereocenters. The van der Waals surface area contributed by atoms with Gasteiger partial charge in [0, 0.05) is 50.3 Å². The second-order valence-corrected chi connectivity index (χ2v) is 7.14. The van der Waals surface area contributed by atoms with Gasteiger partial charge in [0.25, 0.3) is 5.92 Å². The zero-order valence-electron chi connectivity index (χ0n) is 15.4. The lowest BCUT2D eigenvalue weighted by molar-refractivity contribution is -0.135. The van der Waals surface area contributed by atoms with Gasteiger partial charge in [0.15, 0.2) is 5.78 Å². The van der Waals surface area contributed by atoms with Gasteiger partial charge in [-0.15, -0.1) is 0 Å². The molecule has 0 atom stereocenters. The van der Waals surface area contributed by atoms with Crippen LogP contribution in [-0.2, 0) is 29.0 Å². The van der Waals surface area contributed by atoms with Gasteiger partial charge in [-0.2, -0.15) is 5.10 Å². The number of nitrogens with zero attached hydrogens (tertiary/aromatic N) is 4. The first-order chi connectivity index (χ1) is 12.7. The van der Waals surface area contributed by atoms with Crippen LogP contribution in [0.15, 0.2) is 6.58 Å². The van der Waals surface area contributed by atoms with Crippen LogP contribution >= 0.6 is 0 Å². The molecular weight excluding hydrogens is 358 g/mol. The molecule has 1 aromatic heterocycles. The second-order valence-electron chi connectivity index (χ2n) is 7.14. The van der Waals surface area contributed by atoms with Crippen molar-refractivity contribution < 1.29 is 23.5 Å². The Morgan fingerprint density at radius 2 is 1.85 bits per heavy atom. The minimum absolute atomic E-state index is 0.0555. The highest BCUT2D eigenvalue weighted by molar-refractivity contribution is 5.77. The highest BCUT2D eigenvalue weighted by Gasteiger charge is 2.39. The Labute approximate surface area is 156 Å². The highest BCUT2D eigenvalue weighted by atomic mass is 19.3. The van der Waals surface area contributed by atoms with Gasteiger partial charge < -0.3 is 14.9 Å². The molecule has 1 amide bonds. The number of fused-ring (bicyclic) bond motifs is 1. The van der Waals surface area contributed by atoms with Gasteiger partial charge in [-0.3, -0.25) is 14.3 Å². The van der Waals surface area contributed by atoms with Gasteiger partial charge in [-0.1, -0.05) is 6.58 Å². The average molecular weight is 382 g/mol. The number of halogens is 2. The van der Waals surface area contributed by atoms with E-state index in [2.05, 4.69) is 11.7 Å². The van der Waals surface area contributed by atoms with Crippen molar-refractivity contribution in [2.45, 2.75) is 38.7 Å². The van der Waals surface area contributed by atoms with E-state index in [1.165, 1.54) is 11.6 Å². The molecule has 0 spiro atoms. The summed E-state index contributed by atoms with van der Waals surface area (Å²) in [4.78, 5) is 26.6. The van der Waals surface area contributed by atoms with Crippen molar-refractivity contribution in [1.82, 2.24) is 19.6 Å². The predicted molar refractivity (Wildman–Crippen MR) is 94.2 cm³/mol. The largest absolute Gasteiger partial charge is 0.387 e. The van der Waals surface area contributed by atoms with E-state index in [0.717, 1.165) is 0 Å². The van der Waals surface area contributed by atoms with Crippen LogP contribution in [0.25, 0.3) is 5.70 Å². The Balaban J connectivity index is 1.83. The number of carbonyl (C=O) groups is 2. The van der Waals surface area contributed by atoms with E-state index in [0.29, 0.717) is 48.8 Å². The number of rotatable bonds is 5. The number of aromatic nitrogens is 2. The fourth-order valence-electron chi connectivity index (χ4n) is 3.70. The number of Topliss-reactive ketones (excluding diaryl/α,β-unsaturated/α-hetero) is 1. The number of ketones is 1. The van der Waals surface area contributed by atoms with Gasteiger partial charge in [0.05, 0.1) is 12.2 Å². The smallest absolute Gasteiger partial charge is 0.252 e. The maximum atomic E-state index is 14.0. The average Bonchev–Trinajstić information content (AvgIpc) is 2.96. The number of alkyl halides is 2. The molecule has 9 heteroatoms. The fourth-order valence-corrected chi connectivity index (χ4v) is 3.70. The van der Waals surface area contributed by atoms with Gasteiger partial charge in [0.1, 0.15) is 12.3 Å². The van der Waals surface area contributed by atoms with Crippen molar-refractivity contribution in [3.63, 3.8) is 0 Å². The van der Waals surface area contributed by atoms with Crippen molar-refractivity contribution in [2.24, 2.45) is 0 Å². The van der Waals surface area contributed by atoms with Crippen LogP contribution in [0.5, 0.6) is 0 Å². The number of aliphatic hydroxyl groups excluding tert-OH is 1. The number of carbonyl (C=O) groups excluding carboxylic acids is 2. The molecule has 1 aliphatic heterocycles. The lowest BCUT2D eigenvalue weighted by atomic mass is 9.91. The molecule has 2 aliphatic rings. The van der Waals surface area contributed by atoms with E-state index in [1.54, 1.807) is 4.90 Å². The lowest BCUT2D eigenvalue weighted by Gasteiger charge is -2.36. The molecule has 27 heavy (non-hydrogen) atoms. The van der Waals surface area contributed by atoms with Crippen molar-refractivity contribution >= 4 is 17.4 Å². The third-order valence-corrected chi connectivity index (χ3v) is 5.12. The predicted octanol–water partition coefficient (Wildman–Crippen LogP) is 0.703. The summed E-state index contributed by atoms with van der Waals surface area (Å²) < 4.78 is 29.5. The summed E-state index contributed by atoms with van der Waals surface area (Å²) in [6, 6.07) is 0. The van der Waals surface area contributed by atoms with Crippen molar-refractivity contribution in [3.8, 4) is 0 Å². The quantitative estimate of drug-likeness (QED) is 0.811. The zero-order chi connectivity index (χ0) is 19.8. The van der Waals surface area contributed by atoms with Crippen LogP contribution in [0.1, 0.15) is 30.3 Å². The summed E-state index contributed by atoms with van der Waals surface area (Å²) in [5.41, 5.74) is 2.09. The Morgan fingerprint density at radius 3 is 2.44 bits per heavy atom. The first-order valence-corrected chi connectivity index (χ1v) is 9.00. The Kier molecular flexibility index (Phi) is 5.32. The topological polar surface area (TPSA) is 78.7 Å². The lowest BCUT2D eigenvalue weighted by Crippen LogP contribution is -2.48. The summed E-state index contributed by atoms with van der Waals surface area (Å²) >= 11 is 0. The summed E-state index contributed by atoms with van der Waals surface area (Å²) in [6.07, 6.45) is -0.482. The first-order valence-electron chi connectivity index (χ1n) is 9.00. The molecule has 148 valence electrons. The monoisotopic (exact) mass is 382 g/mol. The van der Waals surface area contributed by atoms with Crippen molar-refractivity contribution in [1.29, 1.82) is 0 Å². The van der Waals surface area contributed by atoms with Crippen molar-refractivity contribution in [2.75, 3.05) is 32.8 Å². The highest BCUT2D eigenvalue weighted by Crippen LogP contribution is 2.37. The van der Waals surface area contributed by atoms with E-state index in [-0.39, 0.29) is 31.1 Å². The van der Waals surface area contributed by atoms with Crippen LogP contribution < -0.4 is 0 Å². The summed E-state index contributed by atoms with van der Waals surface area (Å²) in [6.45, 7) is 6.83. The maximum absolute atomic E-state index is 14.0. The standard InChI is InChI=1S/C18H24F2N4O3/c1-12(26)10-24-15-3-4-18(19,20)9-14(15)17(21-24)13(2)22-5-7-23(8-6-22)16(27)11-25/h25H,2-11H2,1H3. The number of hydrogen-bond donors (Lipinski definition) is 1. The summed E-state index contributed by atoms with van der Waals surface area (Å²) in [5, 5.41) is 13.4.